The van der Waals surface area contributed by atoms with Gasteiger partial charge in [-0.2, -0.15) is 0 Å². The van der Waals surface area contributed by atoms with Gasteiger partial charge >= 0.3 is 0 Å². The van der Waals surface area contributed by atoms with Gasteiger partial charge in [-0.15, -0.1) is 0 Å². The van der Waals surface area contributed by atoms with Gasteiger partial charge in [0.1, 0.15) is 33.5 Å². The molecule has 0 unspecified atom stereocenters. The monoisotopic (exact) mass is 1630 g/mol. The lowest BCUT2D eigenvalue weighted by Crippen LogP contribution is -1.95. The molecular weight excluding hydrogens is 1560 g/mol. The van der Waals surface area contributed by atoms with Gasteiger partial charge in [0.15, 0.2) is 11.2 Å². The Hall–Kier alpha value is -16.9. The van der Waals surface area contributed by atoms with Gasteiger partial charge in [-0.05, 0) is 221 Å². The first-order chi connectivity index (χ1) is 62.6. The molecule has 0 spiro atoms. The summed E-state index contributed by atoms with van der Waals surface area (Å²) in [6, 6.07) is 135. The van der Waals surface area contributed by atoms with Gasteiger partial charge in [0.2, 0.25) is 11.6 Å². The van der Waals surface area contributed by atoms with Crippen molar-refractivity contribution in [1.29, 1.82) is 0 Å². The van der Waals surface area contributed by atoms with Crippen LogP contribution in [0.4, 0.5) is 0 Å². The molecule has 29 aromatic rings. The Morgan fingerprint density at radius 1 is 0.181 bits per heavy atom. The number of para-hydroxylation sites is 13. The molecule has 0 N–H and O–H groups in total. The average molecular weight is 1630 g/mol. The van der Waals surface area contributed by atoms with E-state index in [0.29, 0.717) is 0 Å². The second kappa shape index (κ2) is 27.8. The van der Waals surface area contributed by atoms with Crippen LogP contribution in [0.15, 0.2) is 400 Å². The van der Waals surface area contributed by atoms with Crippen molar-refractivity contribution in [3.05, 3.63) is 404 Å². The topological polar surface area (TPSA) is 112 Å². The molecule has 0 saturated heterocycles. The molecule has 0 aliphatic rings. The SMILES string of the molecule is Cc1ccc2c(c1)c1ccccc1n2-c1ccc2c(c1)c1ccccc1n2-c1ccc2oc3ccccc3c2c1.Cc1ccc2c(c1)c1ccccc1n2-c1cccc2c1oc1ccccc12.Cc1ccc2c(c1)n1c3ccccc3nc1n2-c1ccc2oc3ccccc3c2c1.Cc1ccc2c(c1)n1c3ccccc3nc1n2-c1cccc2c1oc1ccccc12. The van der Waals surface area contributed by atoms with E-state index in [-0.39, 0.29) is 0 Å². The van der Waals surface area contributed by atoms with Crippen molar-refractivity contribution >= 4 is 209 Å². The summed E-state index contributed by atoms with van der Waals surface area (Å²) in [7, 11) is 0. The van der Waals surface area contributed by atoms with Crippen LogP contribution in [-0.4, -0.2) is 41.6 Å². The van der Waals surface area contributed by atoms with Gasteiger partial charge in [-0.1, -0.05) is 211 Å². The highest BCUT2D eigenvalue weighted by Gasteiger charge is 2.26. The highest BCUT2D eigenvalue weighted by Crippen LogP contribution is 2.44. The Morgan fingerprint density at radius 3 is 0.953 bits per heavy atom. The minimum atomic E-state index is 0.880. The first kappa shape index (κ1) is 71.8. The highest BCUT2D eigenvalue weighted by atomic mass is 16.3. The molecule has 11 aromatic heterocycles. The van der Waals surface area contributed by atoms with Gasteiger partial charge in [-0.3, -0.25) is 17.9 Å². The molecule has 0 saturated carbocycles. The summed E-state index contributed by atoms with van der Waals surface area (Å²) >= 11 is 0. The maximum absolute atomic E-state index is 6.35. The number of rotatable bonds is 5. The summed E-state index contributed by atoms with van der Waals surface area (Å²) < 4.78 is 40.9. The van der Waals surface area contributed by atoms with E-state index < -0.39 is 0 Å². The minimum absolute atomic E-state index is 0.880. The fourth-order valence-corrected chi connectivity index (χ4v) is 20.1. The summed E-state index contributed by atoms with van der Waals surface area (Å²) in [6.45, 7) is 8.56. The van der Waals surface area contributed by atoms with Crippen molar-refractivity contribution in [2.75, 3.05) is 0 Å². The molecule has 13 heteroatoms. The van der Waals surface area contributed by atoms with E-state index in [4.69, 9.17) is 27.6 Å². The van der Waals surface area contributed by atoms with Crippen molar-refractivity contribution in [2.24, 2.45) is 0 Å². The Balaban J connectivity index is 0.0000000909. The second-order valence-corrected chi connectivity index (χ2v) is 33.5. The van der Waals surface area contributed by atoms with Gasteiger partial charge in [-0.25, -0.2) is 9.97 Å². The van der Waals surface area contributed by atoms with Crippen LogP contribution in [0, 0.1) is 27.7 Å². The number of aromatic nitrogens is 9. The minimum Gasteiger partial charge on any atom is -0.456 e. The maximum atomic E-state index is 6.35. The zero-order chi connectivity index (χ0) is 84.0. The summed E-state index contributed by atoms with van der Waals surface area (Å²) in [5.74, 6) is 1.81. The number of imidazole rings is 4. The molecule has 29 rings (SSSR count). The third kappa shape index (κ3) is 11.0. The molecule has 11 heterocycles. The number of furan rings is 4. The van der Waals surface area contributed by atoms with Crippen LogP contribution in [-0.2, 0) is 0 Å². The van der Waals surface area contributed by atoms with Crippen LogP contribution < -0.4 is 0 Å². The second-order valence-electron chi connectivity index (χ2n) is 33.5. The third-order valence-electron chi connectivity index (χ3n) is 25.8. The van der Waals surface area contributed by atoms with Crippen LogP contribution in [0.5, 0.6) is 0 Å². The smallest absolute Gasteiger partial charge is 0.220 e. The van der Waals surface area contributed by atoms with E-state index in [9.17, 15) is 0 Å². The van der Waals surface area contributed by atoms with Gasteiger partial charge < -0.3 is 31.4 Å². The van der Waals surface area contributed by atoms with E-state index in [1.54, 1.807) is 0 Å². The predicted molar refractivity (Wildman–Crippen MR) is 523 cm³/mol. The molecule has 18 aromatic carbocycles. The molecule has 0 atom stereocenters. The zero-order valence-electron chi connectivity index (χ0n) is 69.5. The Kier molecular flexibility index (Phi) is 15.7. The van der Waals surface area contributed by atoms with E-state index in [2.05, 4.69) is 381 Å². The molecule has 13 nitrogen and oxygen atoms in total. The lowest BCUT2D eigenvalue weighted by molar-refractivity contribution is 0.666. The summed E-state index contributed by atoms with van der Waals surface area (Å²) in [6.07, 6.45) is 0. The Morgan fingerprint density at radius 2 is 0.480 bits per heavy atom. The van der Waals surface area contributed by atoms with Crippen molar-refractivity contribution in [2.45, 2.75) is 27.7 Å². The standard InChI is InChI=1S/C37H24N2O.2C26H17N3O.C25H17NO/c1-23-14-17-34-29(20-23)26-8-2-5-11-32(26)38(34)24-15-18-35-30(21-24)27-9-3-6-12-33(27)39(35)25-16-19-37-31(22-25)28-10-4-7-13-36(28)40-37;1-16-13-14-21-23(15-16)28-20-10-4-3-9-19(20)27-26(28)29(21)22-11-6-8-18-17-7-2-5-12-24(17)30-25(18)22;1-16-10-12-22-23(14-16)29-21-8-4-3-7-20(21)27-26(29)28(22)17-11-13-25-19(15-17)18-6-2-5-9-24(18)30-25;1-16-13-14-22-20(15-16)17-7-2-4-10-21(17)26(22)23-11-6-9-19-18-8-3-5-12-24(18)27-25(19)23/h2-22H,1H3;2*2-15H,1H3;2-15H,1H3. The van der Waals surface area contributed by atoms with Crippen LogP contribution in [0.1, 0.15) is 22.3 Å². The van der Waals surface area contributed by atoms with E-state index in [1.165, 1.54) is 93.4 Å². The molecule has 0 radical (unpaired) electrons. The molecule has 0 bridgehead atoms. The average Bonchev–Trinajstić information content (AvgIpc) is 1.44. The Labute approximate surface area is 724 Å². The van der Waals surface area contributed by atoms with Crippen LogP contribution in [0.3, 0.4) is 0 Å². The van der Waals surface area contributed by atoms with Crippen molar-refractivity contribution in [3.63, 3.8) is 0 Å². The number of benzene rings is 18. The quantitative estimate of drug-likeness (QED) is 0.170. The van der Waals surface area contributed by atoms with Crippen molar-refractivity contribution < 1.29 is 17.7 Å². The summed E-state index contributed by atoms with van der Waals surface area (Å²) in [4.78, 5) is 9.99. The normalized spacial score (nSPS) is 12.1. The van der Waals surface area contributed by atoms with Gasteiger partial charge in [0, 0.05) is 86.8 Å². The van der Waals surface area contributed by atoms with Gasteiger partial charge in [0.25, 0.3) is 0 Å². The van der Waals surface area contributed by atoms with E-state index >= 15 is 0 Å². The number of hydrogen-bond acceptors (Lipinski definition) is 6. The lowest BCUT2D eigenvalue weighted by atomic mass is 10.1. The van der Waals surface area contributed by atoms with Crippen LogP contribution in [0.25, 0.3) is 237 Å². The Bertz CT molecular complexity index is 9640. The van der Waals surface area contributed by atoms with Crippen LogP contribution >= 0.6 is 0 Å². The molecule has 0 fully saturated rings. The van der Waals surface area contributed by atoms with E-state index in [0.717, 1.165) is 166 Å². The molecule has 127 heavy (non-hydrogen) atoms. The number of hydrogen-bond donors (Lipinski definition) is 0. The van der Waals surface area contributed by atoms with Crippen molar-refractivity contribution in [1.82, 2.24) is 41.6 Å². The van der Waals surface area contributed by atoms with Crippen molar-refractivity contribution in [3.8, 4) is 28.4 Å². The fourth-order valence-electron chi connectivity index (χ4n) is 20.1. The summed E-state index contributed by atoms with van der Waals surface area (Å²) in [5, 5.41) is 16.7. The van der Waals surface area contributed by atoms with Gasteiger partial charge in [0.05, 0.1) is 94.3 Å². The third-order valence-corrected chi connectivity index (χ3v) is 25.8. The van der Waals surface area contributed by atoms with E-state index in [1.807, 2.05) is 60.7 Å². The number of fused-ring (bicyclic) bond motifs is 31. The predicted octanol–water partition coefficient (Wildman–Crippen LogP) is 30.4. The first-order valence-corrected chi connectivity index (χ1v) is 43.1. The molecule has 0 amide bonds. The molecule has 600 valence electrons. The lowest BCUT2D eigenvalue weighted by Gasteiger charge is -2.10. The largest absolute Gasteiger partial charge is 0.456 e. The number of aryl methyl sites for hydroxylation is 4. The fraction of sp³-hybridized carbons (Fsp3) is 0.0351. The zero-order valence-corrected chi connectivity index (χ0v) is 69.5. The molecule has 0 aliphatic carbocycles. The first-order valence-electron chi connectivity index (χ1n) is 43.1. The summed E-state index contributed by atoms with van der Waals surface area (Å²) in [5.41, 5.74) is 33.8. The maximum Gasteiger partial charge on any atom is 0.220 e. The molecule has 0 aliphatic heterocycles. The molecular formula is C114H75N9O4. The highest BCUT2D eigenvalue weighted by molar-refractivity contribution is 6.17. The van der Waals surface area contributed by atoms with Crippen LogP contribution in [0.2, 0.25) is 0 Å². The number of nitrogens with zero attached hydrogens (tertiary/aromatic N) is 9.